The Labute approximate surface area is 157 Å². The lowest BCUT2D eigenvalue weighted by atomic mass is 10.2. The molecule has 0 saturated carbocycles. The minimum atomic E-state index is 0.563. The number of benzene rings is 2. The van der Waals surface area contributed by atoms with Crippen molar-refractivity contribution in [2.45, 2.75) is 20.8 Å². The van der Waals surface area contributed by atoms with Crippen molar-refractivity contribution in [1.82, 2.24) is 19.6 Å². The van der Waals surface area contributed by atoms with E-state index in [9.17, 15) is 0 Å². The zero-order valence-corrected chi connectivity index (χ0v) is 15.6. The van der Waals surface area contributed by atoms with Crippen molar-refractivity contribution in [2.75, 3.05) is 18.5 Å². The van der Waals surface area contributed by atoms with Crippen LogP contribution in [0.1, 0.15) is 19.4 Å². The molecular formula is C20H21N5O2. The Bertz CT molecular complexity index is 1110. The van der Waals surface area contributed by atoms with E-state index in [1.165, 1.54) is 0 Å². The van der Waals surface area contributed by atoms with Gasteiger partial charge in [0.25, 0.3) is 0 Å². The van der Waals surface area contributed by atoms with Gasteiger partial charge in [-0.3, -0.25) is 4.40 Å². The van der Waals surface area contributed by atoms with Crippen molar-refractivity contribution >= 4 is 28.2 Å². The molecule has 0 aliphatic carbocycles. The van der Waals surface area contributed by atoms with E-state index in [1.807, 2.05) is 48.6 Å². The van der Waals surface area contributed by atoms with Crippen molar-refractivity contribution in [3.63, 3.8) is 0 Å². The lowest BCUT2D eigenvalue weighted by Crippen LogP contribution is -2.03. The smallest absolute Gasteiger partial charge is 0.204 e. The van der Waals surface area contributed by atoms with E-state index in [0.717, 1.165) is 33.8 Å². The second-order valence-electron chi connectivity index (χ2n) is 6.13. The highest BCUT2D eigenvalue weighted by molar-refractivity contribution is 5.85. The molecule has 4 rings (SSSR count). The number of nitrogens with one attached hydrogen (secondary N) is 1. The predicted molar refractivity (Wildman–Crippen MR) is 105 cm³/mol. The molecule has 2 aromatic carbocycles. The minimum absolute atomic E-state index is 0.563. The van der Waals surface area contributed by atoms with Crippen LogP contribution in [0.25, 0.3) is 16.7 Å². The van der Waals surface area contributed by atoms with Gasteiger partial charge in [0.15, 0.2) is 5.82 Å². The van der Waals surface area contributed by atoms with Crippen molar-refractivity contribution in [2.24, 2.45) is 0 Å². The van der Waals surface area contributed by atoms with Gasteiger partial charge >= 0.3 is 0 Å². The molecule has 0 spiro atoms. The molecule has 7 nitrogen and oxygen atoms in total. The van der Waals surface area contributed by atoms with E-state index >= 15 is 0 Å². The number of hydrogen-bond donors (Lipinski definition) is 1. The molecule has 0 fully saturated rings. The van der Waals surface area contributed by atoms with Gasteiger partial charge in [-0.1, -0.05) is 6.07 Å². The van der Waals surface area contributed by atoms with Crippen LogP contribution < -0.4 is 14.8 Å². The summed E-state index contributed by atoms with van der Waals surface area (Å²) in [5.74, 6) is 2.10. The summed E-state index contributed by atoms with van der Waals surface area (Å²) in [4.78, 5) is 4.76. The van der Waals surface area contributed by atoms with Crippen molar-refractivity contribution in [1.29, 1.82) is 0 Å². The first-order valence-corrected chi connectivity index (χ1v) is 8.96. The summed E-state index contributed by atoms with van der Waals surface area (Å²) in [6, 6.07) is 11.8. The molecule has 2 heterocycles. The Hall–Kier alpha value is -3.35. The van der Waals surface area contributed by atoms with Crippen LogP contribution in [0.2, 0.25) is 0 Å². The Morgan fingerprint density at radius 3 is 2.70 bits per heavy atom. The zero-order chi connectivity index (χ0) is 18.8. The molecule has 0 aliphatic rings. The molecule has 0 amide bonds. The quantitative estimate of drug-likeness (QED) is 0.555. The van der Waals surface area contributed by atoms with Gasteiger partial charge in [0, 0.05) is 6.07 Å². The lowest BCUT2D eigenvalue weighted by molar-refractivity contribution is 0.332. The molecule has 0 radical (unpaired) electrons. The van der Waals surface area contributed by atoms with E-state index in [4.69, 9.17) is 14.5 Å². The van der Waals surface area contributed by atoms with E-state index < -0.39 is 0 Å². The maximum Gasteiger partial charge on any atom is 0.204 e. The van der Waals surface area contributed by atoms with Crippen molar-refractivity contribution in [3.8, 4) is 11.5 Å². The Kier molecular flexibility index (Phi) is 4.50. The summed E-state index contributed by atoms with van der Waals surface area (Å²) in [6.07, 6.45) is 1.70. The van der Waals surface area contributed by atoms with Gasteiger partial charge in [0.2, 0.25) is 5.65 Å². The third-order valence-electron chi connectivity index (χ3n) is 4.20. The van der Waals surface area contributed by atoms with Crippen LogP contribution in [0, 0.1) is 6.92 Å². The number of hydrogen-bond acceptors (Lipinski definition) is 6. The Morgan fingerprint density at radius 1 is 1.04 bits per heavy atom. The van der Waals surface area contributed by atoms with Crippen LogP contribution in [-0.4, -0.2) is 32.8 Å². The average Bonchev–Trinajstić information content (AvgIpc) is 3.15. The number of fused-ring (bicyclic) bond motifs is 3. The summed E-state index contributed by atoms with van der Waals surface area (Å²) in [6.45, 7) is 7.11. The largest absolute Gasteiger partial charge is 0.494 e. The fourth-order valence-electron chi connectivity index (χ4n) is 3.02. The molecule has 1 N–H and O–H groups in total. The summed E-state index contributed by atoms with van der Waals surface area (Å²) in [5, 5.41) is 11.7. The SMILES string of the molecule is CCOc1ccc(OCC)c(Nc2nc3ccc(C)cc3n3cnnc23)c1. The molecule has 27 heavy (non-hydrogen) atoms. The monoisotopic (exact) mass is 363 g/mol. The van der Waals surface area contributed by atoms with Crippen LogP contribution in [0.15, 0.2) is 42.7 Å². The van der Waals surface area contributed by atoms with Gasteiger partial charge in [-0.15, -0.1) is 10.2 Å². The third-order valence-corrected chi connectivity index (χ3v) is 4.20. The number of aryl methyl sites for hydroxylation is 1. The molecular weight excluding hydrogens is 342 g/mol. The number of ether oxygens (including phenoxy) is 2. The van der Waals surface area contributed by atoms with Gasteiger partial charge in [-0.25, -0.2) is 4.98 Å². The summed E-state index contributed by atoms with van der Waals surface area (Å²) < 4.78 is 13.3. The number of aromatic nitrogens is 4. The zero-order valence-electron chi connectivity index (χ0n) is 15.6. The van der Waals surface area contributed by atoms with Crippen LogP contribution in [0.4, 0.5) is 11.5 Å². The van der Waals surface area contributed by atoms with Crippen LogP contribution in [0.3, 0.4) is 0 Å². The van der Waals surface area contributed by atoms with Crippen LogP contribution in [0.5, 0.6) is 11.5 Å². The molecule has 0 unspecified atom stereocenters. The van der Waals surface area contributed by atoms with E-state index in [2.05, 4.69) is 28.5 Å². The first-order valence-electron chi connectivity index (χ1n) is 8.96. The maximum atomic E-state index is 5.75. The Balaban J connectivity index is 1.84. The molecule has 138 valence electrons. The van der Waals surface area contributed by atoms with Crippen molar-refractivity contribution in [3.05, 3.63) is 48.3 Å². The lowest BCUT2D eigenvalue weighted by Gasteiger charge is -2.15. The van der Waals surface area contributed by atoms with E-state index in [0.29, 0.717) is 24.7 Å². The summed E-state index contributed by atoms with van der Waals surface area (Å²) >= 11 is 0. The van der Waals surface area contributed by atoms with Crippen LogP contribution in [-0.2, 0) is 0 Å². The molecule has 2 aromatic heterocycles. The van der Waals surface area contributed by atoms with Gasteiger partial charge < -0.3 is 14.8 Å². The first kappa shape index (κ1) is 17.1. The predicted octanol–water partition coefficient (Wildman–Crippen LogP) is 4.13. The number of anilines is 2. The standard InChI is InChI=1S/C20H21N5O2/c1-4-26-14-7-9-18(27-5-2)16(11-14)23-19-20-24-21-12-25(20)17-10-13(3)6-8-15(17)22-19/h6-12H,4-5H2,1-3H3,(H,22,23). The second kappa shape index (κ2) is 7.11. The summed E-state index contributed by atoms with van der Waals surface area (Å²) in [7, 11) is 0. The molecule has 0 atom stereocenters. The normalized spacial score (nSPS) is 11.1. The summed E-state index contributed by atoms with van der Waals surface area (Å²) in [5.41, 5.74) is 4.40. The minimum Gasteiger partial charge on any atom is -0.494 e. The highest BCUT2D eigenvalue weighted by atomic mass is 16.5. The van der Waals surface area contributed by atoms with Gasteiger partial charge in [-0.2, -0.15) is 0 Å². The third kappa shape index (κ3) is 3.23. The highest BCUT2D eigenvalue weighted by Gasteiger charge is 2.14. The fourth-order valence-corrected chi connectivity index (χ4v) is 3.02. The van der Waals surface area contributed by atoms with Crippen LogP contribution >= 0.6 is 0 Å². The number of nitrogens with zero attached hydrogens (tertiary/aromatic N) is 4. The topological polar surface area (TPSA) is 73.6 Å². The van der Waals surface area contributed by atoms with Gasteiger partial charge in [0.1, 0.15) is 17.8 Å². The molecule has 7 heteroatoms. The average molecular weight is 363 g/mol. The van der Waals surface area contributed by atoms with Gasteiger partial charge in [0.05, 0.1) is 29.9 Å². The Morgan fingerprint density at radius 2 is 1.89 bits per heavy atom. The molecule has 0 saturated heterocycles. The first-order chi connectivity index (χ1) is 13.2. The maximum absolute atomic E-state index is 5.75. The molecule has 4 aromatic rings. The molecule has 0 aliphatic heterocycles. The number of rotatable bonds is 6. The van der Waals surface area contributed by atoms with Gasteiger partial charge in [-0.05, 0) is 50.6 Å². The van der Waals surface area contributed by atoms with E-state index in [1.54, 1.807) is 6.33 Å². The fraction of sp³-hybridized carbons (Fsp3) is 0.250. The highest BCUT2D eigenvalue weighted by Crippen LogP contribution is 2.33. The molecule has 0 bridgehead atoms. The van der Waals surface area contributed by atoms with Crippen molar-refractivity contribution < 1.29 is 9.47 Å². The second-order valence-corrected chi connectivity index (χ2v) is 6.13. The van der Waals surface area contributed by atoms with E-state index in [-0.39, 0.29) is 0 Å².